The maximum atomic E-state index is 14.1. The molecule has 1 heterocycles. The number of aryl methyl sites for hydroxylation is 2. The van der Waals surface area contributed by atoms with Crippen LogP contribution >= 0.6 is 11.7 Å². The summed E-state index contributed by atoms with van der Waals surface area (Å²) in [5, 5.41) is 12.7. The minimum atomic E-state index is -1.47. The molecule has 3 aromatic carbocycles. The predicted octanol–water partition coefficient (Wildman–Crippen LogP) is 2.52. The molecule has 0 unspecified atom stereocenters. The van der Waals surface area contributed by atoms with Gasteiger partial charge in [0.05, 0.1) is 37.0 Å². The third-order valence-corrected chi connectivity index (χ3v) is 7.05. The predicted molar refractivity (Wildman–Crippen MR) is 158 cm³/mol. The number of methoxy groups -OCH3 is 1. The Bertz CT molecular complexity index is 1640. The van der Waals surface area contributed by atoms with Gasteiger partial charge in [0, 0.05) is 23.1 Å². The Balaban J connectivity index is 0.00000484. The van der Waals surface area contributed by atoms with Crippen LogP contribution in [0.4, 0.5) is 0 Å². The molecule has 0 aliphatic rings. The number of carbonyl (C=O) groups is 2. The van der Waals surface area contributed by atoms with E-state index in [4.69, 9.17) is 14.2 Å². The first kappa shape index (κ1) is 33.3. The number of rotatable bonds is 11. The van der Waals surface area contributed by atoms with Crippen LogP contribution in [-0.2, 0) is 11.2 Å². The zero-order valence-electron chi connectivity index (χ0n) is 25.2. The van der Waals surface area contributed by atoms with Gasteiger partial charge in [-0.15, -0.1) is 0 Å². The van der Waals surface area contributed by atoms with Gasteiger partial charge in [0.1, 0.15) is 11.0 Å². The summed E-state index contributed by atoms with van der Waals surface area (Å²) < 4.78 is 26.2. The van der Waals surface area contributed by atoms with E-state index in [9.17, 15) is 14.7 Å². The summed E-state index contributed by atoms with van der Waals surface area (Å²) >= 11 is 1.03. The Hall–Kier alpha value is -3.24. The molecule has 8 nitrogen and oxygen atoms in total. The maximum Gasteiger partial charge on any atom is 1.00 e. The topological polar surface area (TPSA) is 111 Å². The van der Waals surface area contributed by atoms with E-state index in [1.54, 1.807) is 42.5 Å². The van der Waals surface area contributed by atoms with Gasteiger partial charge in [0.25, 0.3) is 0 Å². The van der Waals surface area contributed by atoms with Crippen LogP contribution in [0.5, 0.6) is 17.2 Å². The van der Waals surface area contributed by atoms with Gasteiger partial charge in [-0.25, -0.2) is 0 Å². The Labute approximate surface area is 272 Å². The fraction of sp³-hybridized carbons (Fsp3) is 0.312. The minimum absolute atomic E-state index is 0. The molecule has 0 atom stereocenters. The van der Waals surface area contributed by atoms with Crippen molar-refractivity contribution in [3.05, 3.63) is 81.9 Å². The molecule has 0 fully saturated rings. The number of nitrogens with zero attached hydrogens (tertiary/aromatic N) is 2. The summed E-state index contributed by atoms with van der Waals surface area (Å²) in [6, 6.07) is 13.7. The van der Waals surface area contributed by atoms with E-state index in [1.165, 1.54) is 7.11 Å². The van der Waals surface area contributed by atoms with Gasteiger partial charge in [0.2, 0.25) is 5.75 Å². The van der Waals surface area contributed by atoms with E-state index in [0.29, 0.717) is 45.0 Å². The molecular weight excluding hydrogens is 563 g/mol. The van der Waals surface area contributed by atoms with Crippen molar-refractivity contribution < 1.29 is 58.5 Å². The van der Waals surface area contributed by atoms with Crippen molar-refractivity contribution in [2.75, 3.05) is 7.11 Å². The van der Waals surface area contributed by atoms with Gasteiger partial charge in [0.15, 0.2) is 17.3 Å². The van der Waals surface area contributed by atoms with Crippen molar-refractivity contribution in [1.29, 1.82) is 0 Å². The molecule has 0 saturated carbocycles. The average Bonchev–Trinajstić information content (AvgIpc) is 3.38. The van der Waals surface area contributed by atoms with Gasteiger partial charge >= 0.3 is 29.6 Å². The molecule has 0 aliphatic carbocycles. The molecule has 0 spiro atoms. The fourth-order valence-corrected chi connectivity index (χ4v) is 4.99. The van der Waals surface area contributed by atoms with E-state index in [2.05, 4.69) is 8.75 Å². The molecule has 0 bridgehead atoms. The molecule has 214 valence electrons. The molecule has 10 heteroatoms. The number of fused-ring (bicyclic) bond motifs is 1. The Morgan fingerprint density at radius 3 is 2.10 bits per heavy atom. The quantitative estimate of drug-likeness (QED) is 0.148. The van der Waals surface area contributed by atoms with Gasteiger partial charge in [-0.3, -0.25) is 4.79 Å². The molecule has 4 aromatic rings. The minimum Gasteiger partial charge on any atom is -0.545 e. The standard InChI is InChI=1S/C32H34N2O6S.Na/c1-17(2)39-28-15-21(14-27(38-7)31(28)40-18(3)4)13-24(30(35)23-9-8-19(5)20(6)12-23)29(32(36)37)22-10-11-25-26(16-22)34-41-33-25;/h8-12,14-18H,13H2,1-7H3,(H,36,37);/q;+1/p-1/b29-24+;. The number of carboxylic acid groups (broad SMARTS) is 1. The number of aromatic nitrogens is 2. The maximum absolute atomic E-state index is 14.1. The third-order valence-electron chi connectivity index (χ3n) is 6.49. The number of aliphatic carboxylic acids is 1. The summed E-state index contributed by atoms with van der Waals surface area (Å²) in [6.07, 6.45) is -0.352. The molecule has 0 saturated heterocycles. The number of ether oxygens (including phenoxy) is 3. The summed E-state index contributed by atoms with van der Waals surface area (Å²) in [5.74, 6) is -0.602. The van der Waals surface area contributed by atoms with E-state index >= 15 is 0 Å². The Morgan fingerprint density at radius 2 is 1.48 bits per heavy atom. The van der Waals surface area contributed by atoms with Crippen LogP contribution in [0.25, 0.3) is 16.6 Å². The zero-order chi connectivity index (χ0) is 29.8. The fourth-order valence-electron chi connectivity index (χ4n) is 4.47. The van der Waals surface area contributed by atoms with Gasteiger partial charge in [-0.05, 0) is 94.1 Å². The molecule has 0 aliphatic heterocycles. The Morgan fingerprint density at radius 1 is 0.833 bits per heavy atom. The van der Waals surface area contributed by atoms with E-state index in [-0.39, 0.29) is 59.3 Å². The van der Waals surface area contributed by atoms with Crippen LogP contribution < -0.4 is 48.9 Å². The Kier molecular flexibility index (Phi) is 11.3. The van der Waals surface area contributed by atoms with E-state index in [0.717, 1.165) is 22.9 Å². The second-order valence-electron chi connectivity index (χ2n) is 10.4. The summed E-state index contributed by atoms with van der Waals surface area (Å²) in [7, 11) is 1.52. The van der Waals surface area contributed by atoms with Gasteiger partial charge in [-0.1, -0.05) is 18.2 Å². The summed E-state index contributed by atoms with van der Waals surface area (Å²) in [6.45, 7) is 11.4. The number of carboxylic acids is 1. The number of hydrogen-bond donors (Lipinski definition) is 0. The third kappa shape index (κ3) is 7.58. The van der Waals surface area contributed by atoms with Gasteiger partial charge in [-0.2, -0.15) is 8.75 Å². The van der Waals surface area contributed by atoms with Crippen molar-refractivity contribution in [1.82, 2.24) is 8.75 Å². The molecular formula is C32H33N2NaO6S. The van der Waals surface area contributed by atoms with E-state index in [1.807, 2.05) is 47.6 Å². The smallest absolute Gasteiger partial charge is 0.545 e. The van der Waals surface area contributed by atoms with Crippen LogP contribution in [0.1, 0.15) is 60.3 Å². The number of ketones is 1. The van der Waals surface area contributed by atoms with Crippen molar-refractivity contribution in [3.63, 3.8) is 0 Å². The molecule has 0 amide bonds. The van der Waals surface area contributed by atoms with Crippen molar-refractivity contribution >= 4 is 40.1 Å². The molecule has 4 rings (SSSR count). The number of carbonyl (C=O) groups excluding carboxylic acids is 2. The van der Waals surface area contributed by atoms with Crippen molar-refractivity contribution in [2.45, 2.75) is 60.2 Å². The van der Waals surface area contributed by atoms with Crippen molar-refractivity contribution in [3.8, 4) is 17.2 Å². The van der Waals surface area contributed by atoms with Crippen LogP contribution in [0.2, 0.25) is 0 Å². The number of allylic oxidation sites excluding steroid dienone is 1. The average molecular weight is 597 g/mol. The monoisotopic (exact) mass is 596 g/mol. The first-order valence-corrected chi connectivity index (χ1v) is 14.0. The SMILES string of the molecule is COc1cc(C/C(C(=O)c2ccc(C)c(C)c2)=C(\C(=O)[O-])c2ccc3nsnc3c2)cc(OC(C)C)c1OC(C)C.[Na+]. The summed E-state index contributed by atoms with van der Waals surface area (Å²) in [4.78, 5) is 26.9. The number of benzene rings is 3. The molecule has 1 aromatic heterocycles. The second-order valence-corrected chi connectivity index (χ2v) is 10.9. The van der Waals surface area contributed by atoms with Crippen molar-refractivity contribution in [2.24, 2.45) is 0 Å². The normalized spacial score (nSPS) is 11.7. The van der Waals surface area contributed by atoms with Crippen LogP contribution in [0.15, 0.2) is 54.1 Å². The zero-order valence-corrected chi connectivity index (χ0v) is 28.0. The van der Waals surface area contributed by atoms with E-state index < -0.39 is 11.8 Å². The summed E-state index contributed by atoms with van der Waals surface area (Å²) in [5.41, 5.74) is 4.26. The van der Waals surface area contributed by atoms with Crippen LogP contribution in [-0.4, -0.2) is 39.8 Å². The first-order chi connectivity index (χ1) is 19.5. The molecule has 42 heavy (non-hydrogen) atoms. The van der Waals surface area contributed by atoms with Crippen LogP contribution in [0, 0.1) is 13.8 Å². The second kappa shape index (κ2) is 14.3. The molecule has 0 N–H and O–H groups in total. The van der Waals surface area contributed by atoms with Crippen LogP contribution in [0.3, 0.4) is 0 Å². The first-order valence-electron chi connectivity index (χ1n) is 13.3. The number of hydrogen-bond acceptors (Lipinski definition) is 9. The molecule has 0 radical (unpaired) electrons. The largest absolute Gasteiger partial charge is 1.00 e. The van der Waals surface area contributed by atoms with Gasteiger partial charge < -0.3 is 24.1 Å². The number of Topliss-reactive ketones (excluding diaryl/α,β-unsaturated/α-hetero) is 1.